The summed E-state index contributed by atoms with van der Waals surface area (Å²) in [6, 6.07) is 15.4. The molecule has 8 nitrogen and oxygen atoms in total. The molecule has 0 aliphatic carbocycles. The van der Waals surface area contributed by atoms with E-state index >= 15 is 0 Å². The first-order chi connectivity index (χ1) is 19.8. The van der Waals surface area contributed by atoms with Crippen LogP contribution in [0.25, 0.3) is 0 Å². The van der Waals surface area contributed by atoms with Crippen LogP contribution in [0.1, 0.15) is 37.0 Å². The van der Waals surface area contributed by atoms with Crippen LogP contribution in [-0.2, 0) is 32.3 Å². The first-order valence-corrected chi connectivity index (χ1v) is 14.7. The summed E-state index contributed by atoms with van der Waals surface area (Å²) < 4.78 is 74.5. The van der Waals surface area contributed by atoms with Crippen molar-refractivity contribution in [1.82, 2.24) is 10.2 Å². The van der Waals surface area contributed by atoms with Gasteiger partial charge in [0.2, 0.25) is 11.8 Å². The van der Waals surface area contributed by atoms with Crippen molar-refractivity contribution in [3.8, 4) is 5.75 Å². The SMILES string of the molecule is CCNC(=O)[C@H](CC)N(Cc1cccc(OC)c1)C(=O)CN(c1cccc(C(F)(F)F)c1)S(=O)(=O)c1ccc(C)cc1. The van der Waals surface area contributed by atoms with Crippen LogP contribution in [-0.4, -0.2) is 51.4 Å². The number of halogens is 3. The third kappa shape index (κ3) is 7.81. The smallest absolute Gasteiger partial charge is 0.416 e. The molecule has 0 saturated heterocycles. The second-order valence-corrected chi connectivity index (χ2v) is 11.4. The zero-order chi connectivity index (χ0) is 31.1. The molecule has 3 aromatic carbocycles. The lowest BCUT2D eigenvalue weighted by Gasteiger charge is -2.33. The number of ether oxygens (including phenoxy) is 1. The Labute approximate surface area is 244 Å². The fourth-order valence-corrected chi connectivity index (χ4v) is 5.79. The maximum Gasteiger partial charge on any atom is 0.416 e. The Kier molecular flexibility index (Phi) is 10.6. The molecule has 0 heterocycles. The van der Waals surface area contributed by atoms with Gasteiger partial charge >= 0.3 is 6.18 Å². The van der Waals surface area contributed by atoms with Gasteiger partial charge < -0.3 is 15.0 Å². The number of amides is 2. The fourth-order valence-electron chi connectivity index (χ4n) is 4.38. The molecule has 0 aliphatic rings. The molecule has 226 valence electrons. The van der Waals surface area contributed by atoms with E-state index < -0.39 is 46.2 Å². The summed E-state index contributed by atoms with van der Waals surface area (Å²) in [4.78, 5) is 28.0. The molecule has 0 radical (unpaired) electrons. The summed E-state index contributed by atoms with van der Waals surface area (Å²) >= 11 is 0. The third-order valence-corrected chi connectivity index (χ3v) is 8.36. The average Bonchev–Trinajstić information content (AvgIpc) is 2.95. The molecule has 2 amide bonds. The molecule has 0 aromatic heterocycles. The number of benzene rings is 3. The van der Waals surface area contributed by atoms with Crippen LogP contribution in [0.15, 0.2) is 77.7 Å². The van der Waals surface area contributed by atoms with Crippen LogP contribution in [0, 0.1) is 6.92 Å². The number of likely N-dealkylation sites (N-methyl/N-ethyl adjacent to an activating group) is 1. The molecule has 3 aromatic rings. The summed E-state index contributed by atoms with van der Waals surface area (Å²) in [7, 11) is -3.03. The van der Waals surface area contributed by atoms with Crippen LogP contribution in [0.4, 0.5) is 18.9 Å². The van der Waals surface area contributed by atoms with Gasteiger partial charge in [-0.2, -0.15) is 13.2 Å². The van der Waals surface area contributed by atoms with Gasteiger partial charge in [0.15, 0.2) is 0 Å². The molecule has 0 saturated carbocycles. The monoisotopic (exact) mass is 605 g/mol. The van der Waals surface area contributed by atoms with Gasteiger partial charge in [-0.1, -0.05) is 42.8 Å². The predicted octanol–water partition coefficient (Wildman–Crippen LogP) is 5.16. The van der Waals surface area contributed by atoms with Gasteiger partial charge in [0.25, 0.3) is 10.0 Å². The van der Waals surface area contributed by atoms with E-state index in [4.69, 9.17) is 4.74 Å². The Bertz CT molecular complexity index is 1490. The van der Waals surface area contributed by atoms with E-state index in [-0.39, 0.29) is 23.5 Å². The normalized spacial score (nSPS) is 12.4. The number of hydrogen-bond acceptors (Lipinski definition) is 5. The van der Waals surface area contributed by atoms with E-state index in [1.54, 1.807) is 57.2 Å². The third-order valence-electron chi connectivity index (χ3n) is 6.57. The second-order valence-electron chi connectivity index (χ2n) is 9.56. The number of carbonyl (C=O) groups excluding carboxylic acids is 2. The van der Waals surface area contributed by atoms with E-state index in [2.05, 4.69) is 5.32 Å². The van der Waals surface area contributed by atoms with Gasteiger partial charge in [-0.15, -0.1) is 0 Å². The number of sulfonamides is 1. The lowest BCUT2D eigenvalue weighted by Crippen LogP contribution is -2.52. The molecule has 42 heavy (non-hydrogen) atoms. The molecule has 0 unspecified atom stereocenters. The Morgan fingerprint density at radius 1 is 0.976 bits per heavy atom. The van der Waals surface area contributed by atoms with Crippen molar-refractivity contribution >= 4 is 27.5 Å². The van der Waals surface area contributed by atoms with Crippen molar-refractivity contribution in [3.05, 3.63) is 89.5 Å². The summed E-state index contributed by atoms with van der Waals surface area (Å²) in [6.07, 6.45) is -4.54. The Hall–Kier alpha value is -4.06. The van der Waals surface area contributed by atoms with Crippen LogP contribution in [0.5, 0.6) is 5.75 Å². The average molecular weight is 606 g/mol. The number of aryl methyl sites for hydroxylation is 1. The van der Waals surface area contributed by atoms with Gasteiger partial charge in [0.1, 0.15) is 18.3 Å². The molecule has 3 rings (SSSR count). The van der Waals surface area contributed by atoms with Crippen molar-refractivity contribution < 1.29 is 35.9 Å². The highest BCUT2D eigenvalue weighted by molar-refractivity contribution is 7.92. The van der Waals surface area contributed by atoms with E-state index in [0.717, 1.165) is 17.7 Å². The van der Waals surface area contributed by atoms with E-state index in [1.165, 1.54) is 30.2 Å². The molecular weight excluding hydrogens is 571 g/mol. The number of rotatable bonds is 12. The van der Waals surface area contributed by atoms with E-state index in [9.17, 15) is 31.2 Å². The molecule has 0 aliphatic heterocycles. The molecule has 0 fully saturated rings. The maximum atomic E-state index is 14.0. The quantitative estimate of drug-likeness (QED) is 0.308. The predicted molar refractivity (Wildman–Crippen MR) is 153 cm³/mol. The summed E-state index contributed by atoms with van der Waals surface area (Å²) in [5.41, 5.74) is -0.0324. The van der Waals surface area contributed by atoms with Crippen molar-refractivity contribution in [2.75, 3.05) is 24.5 Å². The number of anilines is 1. The maximum absolute atomic E-state index is 14.0. The Balaban J connectivity index is 2.13. The number of hydrogen-bond donors (Lipinski definition) is 1. The van der Waals surface area contributed by atoms with Gasteiger partial charge in [-0.05, 0) is 68.3 Å². The van der Waals surface area contributed by atoms with Gasteiger partial charge in [-0.25, -0.2) is 8.42 Å². The first-order valence-electron chi connectivity index (χ1n) is 13.3. The van der Waals surface area contributed by atoms with Crippen LogP contribution in [0.2, 0.25) is 0 Å². The largest absolute Gasteiger partial charge is 0.497 e. The van der Waals surface area contributed by atoms with E-state index in [1.807, 2.05) is 0 Å². The summed E-state index contributed by atoms with van der Waals surface area (Å²) in [5.74, 6) is -0.703. The van der Waals surface area contributed by atoms with Crippen LogP contribution >= 0.6 is 0 Å². The van der Waals surface area contributed by atoms with Crippen molar-refractivity contribution in [2.45, 2.75) is 50.9 Å². The highest BCUT2D eigenvalue weighted by Crippen LogP contribution is 2.33. The number of alkyl halides is 3. The molecule has 1 atom stereocenters. The number of nitrogens with one attached hydrogen (secondary N) is 1. The minimum atomic E-state index is -4.75. The molecule has 0 bridgehead atoms. The highest BCUT2D eigenvalue weighted by atomic mass is 32.2. The zero-order valence-electron chi connectivity index (χ0n) is 23.8. The first kappa shape index (κ1) is 32.5. The Morgan fingerprint density at radius 3 is 2.24 bits per heavy atom. The minimum absolute atomic E-state index is 0.0767. The summed E-state index contributed by atoms with van der Waals surface area (Å²) in [5, 5.41) is 2.70. The van der Waals surface area contributed by atoms with Crippen molar-refractivity contribution in [2.24, 2.45) is 0 Å². The van der Waals surface area contributed by atoms with Crippen LogP contribution < -0.4 is 14.4 Å². The number of methoxy groups -OCH3 is 1. The fraction of sp³-hybridized carbons (Fsp3) is 0.333. The molecule has 12 heteroatoms. The minimum Gasteiger partial charge on any atom is -0.497 e. The van der Waals surface area contributed by atoms with Gasteiger partial charge in [-0.3, -0.25) is 13.9 Å². The van der Waals surface area contributed by atoms with Crippen molar-refractivity contribution in [1.29, 1.82) is 0 Å². The number of nitrogens with zero attached hydrogens (tertiary/aromatic N) is 2. The zero-order valence-corrected chi connectivity index (χ0v) is 24.6. The number of carbonyl (C=O) groups is 2. The second kappa shape index (κ2) is 13.7. The highest BCUT2D eigenvalue weighted by Gasteiger charge is 2.36. The topological polar surface area (TPSA) is 96.0 Å². The lowest BCUT2D eigenvalue weighted by atomic mass is 10.1. The molecular formula is C30H34F3N3O5S. The standard InChI is InChI=1S/C30H34F3N3O5S/c1-5-27(29(38)34-6-2)35(19-22-9-7-12-25(17-22)41-4)28(37)20-36(24-11-8-10-23(18-24)30(31,32)33)42(39,40)26-15-13-21(3)14-16-26/h7-18,27H,5-6,19-20H2,1-4H3,(H,34,38)/t27-/m0/s1. The summed E-state index contributed by atoms with van der Waals surface area (Å²) in [6.45, 7) is 4.56. The van der Waals surface area contributed by atoms with E-state index in [0.29, 0.717) is 28.2 Å². The van der Waals surface area contributed by atoms with Crippen molar-refractivity contribution in [3.63, 3.8) is 0 Å². The molecule has 1 N–H and O–H groups in total. The Morgan fingerprint density at radius 2 is 1.64 bits per heavy atom. The lowest BCUT2D eigenvalue weighted by molar-refractivity contribution is -0.140. The van der Waals surface area contributed by atoms with Gasteiger partial charge in [0, 0.05) is 13.1 Å². The van der Waals surface area contributed by atoms with Crippen LogP contribution in [0.3, 0.4) is 0 Å². The molecule has 0 spiro atoms. The van der Waals surface area contributed by atoms with Gasteiger partial charge in [0.05, 0.1) is 23.3 Å².